The lowest BCUT2D eigenvalue weighted by molar-refractivity contribution is -0.120. The van der Waals surface area contributed by atoms with Gasteiger partial charge in [-0.1, -0.05) is 55.7 Å². The van der Waals surface area contributed by atoms with Gasteiger partial charge in [0, 0.05) is 5.92 Å². The molecule has 0 radical (unpaired) electrons. The number of carbonyl (C=O) groups is 1. The molecule has 24 heavy (non-hydrogen) atoms. The fourth-order valence-corrected chi connectivity index (χ4v) is 1.88. The van der Waals surface area contributed by atoms with Gasteiger partial charge in [0.05, 0.1) is 0 Å². The Morgan fingerprint density at radius 2 is 1.25 bits per heavy atom. The highest BCUT2D eigenvalue weighted by Crippen LogP contribution is 2.13. The second-order valence-corrected chi connectivity index (χ2v) is 6.21. The second kappa shape index (κ2) is 19.7. The van der Waals surface area contributed by atoms with Crippen LogP contribution in [-0.4, -0.2) is 5.78 Å². The van der Waals surface area contributed by atoms with E-state index in [1.807, 2.05) is 20.8 Å². The van der Waals surface area contributed by atoms with Gasteiger partial charge in [-0.2, -0.15) is 0 Å². The molecule has 0 N–H and O–H groups in total. The molecule has 1 nitrogen and oxygen atoms in total. The average Bonchev–Trinajstić information content (AvgIpc) is 2.55. The molecule has 0 aromatic rings. The van der Waals surface area contributed by atoms with Crippen LogP contribution in [0.15, 0.2) is 48.1 Å². The Morgan fingerprint density at radius 1 is 0.833 bits per heavy atom. The zero-order valence-corrected chi connectivity index (χ0v) is 17.7. The van der Waals surface area contributed by atoms with Gasteiger partial charge in [-0.25, -0.2) is 0 Å². The first kappa shape index (κ1) is 27.5. The van der Waals surface area contributed by atoms with Gasteiger partial charge in [0.2, 0.25) is 0 Å². The molecule has 0 aliphatic rings. The molecule has 0 bridgehead atoms. The van der Waals surface area contributed by atoms with Gasteiger partial charge in [-0.15, -0.1) is 13.2 Å². The molecule has 0 aromatic heterocycles. The van der Waals surface area contributed by atoms with Crippen LogP contribution < -0.4 is 0 Å². The smallest absolute Gasteiger partial charge is 0.132 e. The van der Waals surface area contributed by atoms with E-state index in [9.17, 15) is 4.79 Å². The molecule has 0 aromatic carbocycles. The first-order valence-electron chi connectivity index (χ1n) is 9.28. The molecule has 1 atom stereocenters. The van der Waals surface area contributed by atoms with Gasteiger partial charge in [0.15, 0.2) is 0 Å². The van der Waals surface area contributed by atoms with Crippen molar-refractivity contribution in [3.05, 3.63) is 48.1 Å². The molecule has 1 heteroatoms. The van der Waals surface area contributed by atoms with Crippen LogP contribution in [0.1, 0.15) is 87.5 Å². The Labute approximate surface area is 152 Å². The number of rotatable bonds is 9. The Kier molecular flexibility index (Phi) is 22.5. The molecular formula is C23H42O. The number of hydrogen-bond donors (Lipinski definition) is 0. The monoisotopic (exact) mass is 334 g/mol. The summed E-state index contributed by atoms with van der Waals surface area (Å²) in [5, 5.41) is 0. The van der Waals surface area contributed by atoms with Gasteiger partial charge < -0.3 is 0 Å². The van der Waals surface area contributed by atoms with Crippen LogP contribution in [-0.2, 0) is 4.79 Å². The molecule has 0 saturated heterocycles. The van der Waals surface area contributed by atoms with Crippen molar-refractivity contribution in [1.29, 1.82) is 0 Å². The predicted octanol–water partition coefficient (Wildman–Crippen LogP) is 7.85. The van der Waals surface area contributed by atoms with Crippen molar-refractivity contribution in [3.8, 4) is 0 Å². The topological polar surface area (TPSA) is 17.1 Å². The summed E-state index contributed by atoms with van der Waals surface area (Å²) < 4.78 is 0. The van der Waals surface area contributed by atoms with E-state index in [-0.39, 0.29) is 11.7 Å². The molecule has 0 aliphatic carbocycles. The van der Waals surface area contributed by atoms with E-state index in [0.29, 0.717) is 0 Å². The zero-order valence-electron chi connectivity index (χ0n) is 17.7. The lowest BCUT2D eigenvalue weighted by atomic mass is 10.0. The average molecular weight is 335 g/mol. The predicted molar refractivity (Wildman–Crippen MR) is 112 cm³/mol. The van der Waals surface area contributed by atoms with Crippen LogP contribution in [0.2, 0.25) is 0 Å². The van der Waals surface area contributed by atoms with Crippen molar-refractivity contribution in [2.75, 3.05) is 0 Å². The molecule has 0 amide bonds. The fourth-order valence-electron chi connectivity index (χ4n) is 1.88. The summed E-state index contributed by atoms with van der Waals surface area (Å²) >= 11 is 0. The van der Waals surface area contributed by atoms with Gasteiger partial charge in [0.25, 0.3) is 0 Å². The van der Waals surface area contributed by atoms with Crippen LogP contribution in [0.5, 0.6) is 0 Å². The minimum atomic E-state index is 0.159. The number of ketones is 1. The Hall–Kier alpha value is -1.37. The minimum absolute atomic E-state index is 0.159. The molecule has 0 spiro atoms. The SMILES string of the molecule is C=C.CC.CC(=O)C(C)C/C=C(\C)CC/C=C(\C)CCC=C(C)C. The van der Waals surface area contributed by atoms with Crippen molar-refractivity contribution in [3.63, 3.8) is 0 Å². The van der Waals surface area contributed by atoms with Crippen LogP contribution in [0.4, 0.5) is 0 Å². The van der Waals surface area contributed by atoms with E-state index in [1.54, 1.807) is 6.92 Å². The standard InChI is InChI=1S/C19H32O.C2H6.C2H4/c1-15(2)9-7-10-16(3)11-8-12-17(4)13-14-18(5)19(6)20;2*1-2/h9,11,13,18H,7-8,10,12,14H2,1-6H3;1-2H3;1-2H2/b16-11+,17-13+;;. The molecule has 0 aliphatic heterocycles. The first-order chi connectivity index (χ1) is 11.3. The molecule has 1 unspecified atom stereocenters. The quantitative estimate of drug-likeness (QED) is 0.392. The van der Waals surface area contributed by atoms with Crippen LogP contribution in [0, 0.1) is 5.92 Å². The lowest BCUT2D eigenvalue weighted by Gasteiger charge is -2.05. The number of hydrogen-bond acceptors (Lipinski definition) is 1. The third-order valence-electron chi connectivity index (χ3n) is 3.64. The summed E-state index contributed by atoms with van der Waals surface area (Å²) in [6.45, 7) is 22.4. The Balaban J connectivity index is -0.00000102. The minimum Gasteiger partial charge on any atom is -0.300 e. The second-order valence-electron chi connectivity index (χ2n) is 6.21. The van der Waals surface area contributed by atoms with Crippen LogP contribution in [0.3, 0.4) is 0 Å². The molecule has 140 valence electrons. The van der Waals surface area contributed by atoms with E-state index >= 15 is 0 Å². The highest BCUT2D eigenvalue weighted by atomic mass is 16.1. The van der Waals surface area contributed by atoms with E-state index in [4.69, 9.17) is 0 Å². The third kappa shape index (κ3) is 20.6. The molecular weight excluding hydrogens is 292 g/mol. The Morgan fingerprint density at radius 3 is 1.67 bits per heavy atom. The Bertz CT molecular complexity index is 392. The molecule has 0 saturated carbocycles. The van der Waals surface area contributed by atoms with Crippen molar-refractivity contribution in [2.24, 2.45) is 5.92 Å². The summed E-state index contributed by atoms with van der Waals surface area (Å²) in [6, 6.07) is 0. The third-order valence-corrected chi connectivity index (χ3v) is 3.64. The molecule has 0 rings (SSSR count). The summed E-state index contributed by atoms with van der Waals surface area (Å²) in [5.41, 5.74) is 4.27. The maximum atomic E-state index is 11.2. The van der Waals surface area contributed by atoms with E-state index < -0.39 is 0 Å². The summed E-state index contributed by atoms with van der Waals surface area (Å²) in [5.74, 6) is 0.440. The number of Topliss-reactive ketones (excluding diaryl/α,β-unsaturated/α-hetero) is 1. The summed E-state index contributed by atoms with van der Waals surface area (Å²) in [7, 11) is 0. The van der Waals surface area contributed by atoms with Gasteiger partial charge >= 0.3 is 0 Å². The maximum Gasteiger partial charge on any atom is 0.132 e. The van der Waals surface area contributed by atoms with Crippen molar-refractivity contribution < 1.29 is 4.79 Å². The van der Waals surface area contributed by atoms with E-state index in [0.717, 1.165) is 32.1 Å². The van der Waals surface area contributed by atoms with Crippen LogP contribution >= 0.6 is 0 Å². The van der Waals surface area contributed by atoms with Crippen molar-refractivity contribution >= 4 is 5.78 Å². The van der Waals surface area contributed by atoms with Crippen molar-refractivity contribution in [2.45, 2.75) is 87.5 Å². The van der Waals surface area contributed by atoms with Gasteiger partial charge in [-0.3, -0.25) is 4.79 Å². The summed E-state index contributed by atoms with van der Waals surface area (Å²) in [4.78, 5) is 11.2. The largest absolute Gasteiger partial charge is 0.300 e. The van der Waals surface area contributed by atoms with E-state index in [1.165, 1.54) is 16.7 Å². The normalized spacial score (nSPS) is 12.2. The van der Waals surface area contributed by atoms with Crippen LogP contribution in [0.25, 0.3) is 0 Å². The van der Waals surface area contributed by atoms with Gasteiger partial charge in [0.1, 0.15) is 5.78 Å². The molecule has 0 fully saturated rings. The van der Waals surface area contributed by atoms with E-state index in [2.05, 4.69) is 59.1 Å². The van der Waals surface area contributed by atoms with Gasteiger partial charge in [-0.05, 0) is 66.7 Å². The summed E-state index contributed by atoms with van der Waals surface area (Å²) in [6.07, 6.45) is 12.3. The first-order valence-corrected chi connectivity index (χ1v) is 9.28. The number of carbonyl (C=O) groups excluding carboxylic acids is 1. The highest BCUT2D eigenvalue weighted by molar-refractivity contribution is 5.77. The fraction of sp³-hybridized carbons (Fsp3) is 0.609. The maximum absolute atomic E-state index is 11.2. The lowest BCUT2D eigenvalue weighted by Crippen LogP contribution is -2.04. The highest BCUT2D eigenvalue weighted by Gasteiger charge is 2.04. The molecule has 0 heterocycles. The zero-order chi connectivity index (χ0) is 19.5. The van der Waals surface area contributed by atoms with Crippen molar-refractivity contribution in [1.82, 2.24) is 0 Å². The number of allylic oxidation sites excluding steroid dienone is 6.